The third-order valence-corrected chi connectivity index (χ3v) is 2.49. The predicted octanol–water partition coefficient (Wildman–Crippen LogP) is 3.40. The predicted molar refractivity (Wildman–Crippen MR) is 60.0 cm³/mol. The van der Waals surface area contributed by atoms with Gasteiger partial charge in [0.15, 0.2) is 0 Å². The Morgan fingerprint density at radius 3 is 2.88 bits per heavy atom. The van der Waals surface area contributed by atoms with E-state index in [0.29, 0.717) is 23.7 Å². The van der Waals surface area contributed by atoms with Gasteiger partial charge in [0.25, 0.3) is 0 Å². The Labute approximate surface area is 92.5 Å². The highest BCUT2D eigenvalue weighted by atomic mass is 19.1. The van der Waals surface area contributed by atoms with Crippen LogP contribution in [-0.2, 0) is 6.42 Å². The second kappa shape index (κ2) is 4.36. The molecule has 0 unspecified atom stereocenters. The van der Waals surface area contributed by atoms with Crippen LogP contribution in [0.3, 0.4) is 0 Å². The number of hydrogen-bond acceptors (Lipinski definition) is 0. The molecule has 1 aromatic carbocycles. The van der Waals surface area contributed by atoms with Crippen molar-refractivity contribution in [3.8, 4) is 11.8 Å². The minimum atomic E-state index is -0.553. The Kier molecular flexibility index (Phi) is 2.91. The molecule has 0 radical (unpaired) electrons. The summed E-state index contributed by atoms with van der Waals surface area (Å²) in [6, 6.07) is 2.23. The molecule has 0 aliphatic carbocycles. The molecular weight excluding hydrogens is 208 g/mol. The molecule has 0 fully saturated rings. The maximum atomic E-state index is 13.3. The summed E-state index contributed by atoms with van der Waals surface area (Å²) in [4.78, 5) is 2.82. The highest BCUT2D eigenvalue weighted by Crippen LogP contribution is 2.23. The third kappa shape index (κ3) is 1.92. The van der Waals surface area contributed by atoms with Crippen molar-refractivity contribution in [3.63, 3.8) is 0 Å². The van der Waals surface area contributed by atoms with Crippen LogP contribution in [0.5, 0.6) is 0 Å². The van der Waals surface area contributed by atoms with Crippen LogP contribution in [0.4, 0.5) is 8.78 Å². The number of aryl methyl sites for hydroxylation is 1. The molecule has 0 atom stereocenters. The first-order valence-electron chi connectivity index (χ1n) is 5.07. The first-order chi connectivity index (χ1) is 7.72. The summed E-state index contributed by atoms with van der Waals surface area (Å²) >= 11 is 0. The number of halogens is 2. The minimum Gasteiger partial charge on any atom is -0.359 e. The van der Waals surface area contributed by atoms with E-state index >= 15 is 0 Å². The van der Waals surface area contributed by atoms with Gasteiger partial charge in [-0.1, -0.05) is 0 Å². The molecule has 0 amide bonds. The number of hydrogen-bond donors (Lipinski definition) is 1. The van der Waals surface area contributed by atoms with E-state index in [2.05, 4.69) is 16.8 Å². The average molecular weight is 219 g/mol. The van der Waals surface area contributed by atoms with Gasteiger partial charge in [-0.15, -0.1) is 11.8 Å². The molecule has 3 heteroatoms. The van der Waals surface area contributed by atoms with Gasteiger partial charge in [-0.25, -0.2) is 8.78 Å². The van der Waals surface area contributed by atoms with Crippen LogP contribution in [0.25, 0.3) is 10.9 Å². The van der Waals surface area contributed by atoms with E-state index in [1.807, 2.05) is 0 Å². The van der Waals surface area contributed by atoms with Crippen molar-refractivity contribution in [1.29, 1.82) is 0 Å². The summed E-state index contributed by atoms with van der Waals surface area (Å²) in [7, 11) is 0. The molecule has 0 saturated carbocycles. The van der Waals surface area contributed by atoms with Gasteiger partial charge in [0.2, 0.25) is 0 Å². The van der Waals surface area contributed by atoms with Crippen LogP contribution in [0.1, 0.15) is 18.9 Å². The molecule has 1 heterocycles. The summed E-state index contributed by atoms with van der Waals surface area (Å²) in [5, 5.41) is 0.607. The van der Waals surface area contributed by atoms with Crippen LogP contribution in [-0.4, -0.2) is 4.98 Å². The van der Waals surface area contributed by atoms with Gasteiger partial charge in [-0.05, 0) is 25.0 Å². The summed E-state index contributed by atoms with van der Waals surface area (Å²) in [5.74, 6) is 4.62. The van der Waals surface area contributed by atoms with Gasteiger partial charge in [-0.3, -0.25) is 0 Å². The highest BCUT2D eigenvalue weighted by molar-refractivity contribution is 5.83. The Hall–Kier alpha value is -1.82. The second-order valence-corrected chi connectivity index (χ2v) is 3.55. The molecule has 0 saturated heterocycles. The van der Waals surface area contributed by atoms with Gasteiger partial charge in [0, 0.05) is 24.1 Å². The average Bonchev–Trinajstić information content (AvgIpc) is 2.62. The van der Waals surface area contributed by atoms with E-state index in [1.54, 1.807) is 13.1 Å². The fraction of sp³-hybridized carbons (Fsp3) is 0.231. The lowest BCUT2D eigenvalue weighted by atomic mass is 10.1. The van der Waals surface area contributed by atoms with Crippen molar-refractivity contribution in [2.45, 2.75) is 19.8 Å². The lowest BCUT2D eigenvalue weighted by molar-refractivity contribution is 0.591. The Balaban J connectivity index is 2.42. The number of rotatable bonds is 2. The fourth-order valence-corrected chi connectivity index (χ4v) is 1.74. The molecule has 0 aliphatic rings. The van der Waals surface area contributed by atoms with Gasteiger partial charge in [0.1, 0.15) is 11.6 Å². The number of H-pyrrole nitrogens is 1. The molecule has 1 nitrogen and oxygen atoms in total. The molecule has 1 N–H and O–H groups in total. The standard InChI is InChI=1S/C13H11F2N/c1-2-3-4-5-9-8-16-13-11(9)6-10(14)7-12(13)15/h6-8,16H,4-5H2,1H3. The van der Waals surface area contributed by atoms with Crippen molar-refractivity contribution in [2.75, 3.05) is 0 Å². The maximum Gasteiger partial charge on any atom is 0.150 e. The summed E-state index contributed by atoms with van der Waals surface area (Å²) in [5.41, 5.74) is 1.26. The van der Waals surface area contributed by atoms with Crippen LogP contribution in [0.2, 0.25) is 0 Å². The van der Waals surface area contributed by atoms with Crippen LogP contribution < -0.4 is 0 Å². The molecule has 0 spiro atoms. The van der Waals surface area contributed by atoms with Crippen LogP contribution in [0.15, 0.2) is 18.3 Å². The Morgan fingerprint density at radius 2 is 2.12 bits per heavy atom. The molecule has 0 bridgehead atoms. The largest absolute Gasteiger partial charge is 0.359 e. The smallest absolute Gasteiger partial charge is 0.150 e. The lowest BCUT2D eigenvalue weighted by Gasteiger charge is -1.97. The zero-order valence-electron chi connectivity index (χ0n) is 8.90. The van der Waals surface area contributed by atoms with Gasteiger partial charge >= 0.3 is 0 Å². The highest BCUT2D eigenvalue weighted by Gasteiger charge is 2.09. The molecular formula is C13H11F2N. The van der Waals surface area contributed by atoms with Crippen molar-refractivity contribution in [2.24, 2.45) is 0 Å². The van der Waals surface area contributed by atoms with Crippen LogP contribution >= 0.6 is 0 Å². The first kappa shape index (κ1) is 10.7. The number of aromatic amines is 1. The van der Waals surface area contributed by atoms with E-state index in [4.69, 9.17) is 0 Å². The van der Waals surface area contributed by atoms with Crippen molar-refractivity contribution < 1.29 is 8.78 Å². The normalized spacial score (nSPS) is 10.2. The molecule has 2 aromatic rings. The van der Waals surface area contributed by atoms with E-state index < -0.39 is 11.6 Å². The van der Waals surface area contributed by atoms with Gasteiger partial charge in [-0.2, -0.15) is 0 Å². The minimum absolute atomic E-state index is 0.362. The number of nitrogens with one attached hydrogen (secondary N) is 1. The monoisotopic (exact) mass is 219 g/mol. The zero-order valence-corrected chi connectivity index (χ0v) is 8.90. The number of fused-ring (bicyclic) bond motifs is 1. The molecule has 1 aromatic heterocycles. The van der Waals surface area contributed by atoms with E-state index in [-0.39, 0.29) is 0 Å². The van der Waals surface area contributed by atoms with Gasteiger partial charge in [0.05, 0.1) is 5.52 Å². The topological polar surface area (TPSA) is 15.8 Å². The summed E-state index contributed by atoms with van der Waals surface area (Å²) in [6.45, 7) is 1.77. The zero-order chi connectivity index (χ0) is 11.5. The summed E-state index contributed by atoms with van der Waals surface area (Å²) in [6.07, 6.45) is 3.11. The van der Waals surface area contributed by atoms with E-state index in [9.17, 15) is 8.78 Å². The molecule has 2 rings (SSSR count). The van der Waals surface area contributed by atoms with Crippen molar-refractivity contribution in [3.05, 3.63) is 35.5 Å². The quantitative estimate of drug-likeness (QED) is 0.745. The van der Waals surface area contributed by atoms with Gasteiger partial charge < -0.3 is 4.98 Å². The lowest BCUT2D eigenvalue weighted by Crippen LogP contribution is -1.84. The molecule has 82 valence electrons. The maximum absolute atomic E-state index is 13.3. The second-order valence-electron chi connectivity index (χ2n) is 3.55. The Morgan fingerprint density at radius 1 is 1.31 bits per heavy atom. The Bertz CT molecular complexity index is 573. The van der Waals surface area contributed by atoms with Crippen LogP contribution in [0, 0.1) is 23.5 Å². The number of benzene rings is 1. The van der Waals surface area contributed by atoms with Crippen molar-refractivity contribution in [1.82, 2.24) is 4.98 Å². The molecule has 0 aliphatic heterocycles. The van der Waals surface area contributed by atoms with E-state index in [0.717, 1.165) is 11.6 Å². The number of aromatic nitrogens is 1. The first-order valence-corrected chi connectivity index (χ1v) is 5.07. The fourth-order valence-electron chi connectivity index (χ4n) is 1.74. The SMILES string of the molecule is CC#CCCc1c[nH]c2c(F)cc(F)cc12. The third-order valence-electron chi connectivity index (χ3n) is 2.49. The summed E-state index contributed by atoms with van der Waals surface area (Å²) < 4.78 is 26.4. The van der Waals surface area contributed by atoms with E-state index in [1.165, 1.54) is 6.07 Å². The van der Waals surface area contributed by atoms with Crippen molar-refractivity contribution >= 4 is 10.9 Å². The molecule has 16 heavy (non-hydrogen) atoms.